The lowest BCUT2D eigenvalue weighted by Crippen LogP contribution is -2.39. The molecule has 0 unspecified atom stereocenters. The van der Waals surface area contributed by atoms with E-state index in [4.69, 9.17) is 9.88 Å². The Morgan fingerprint density at radius 3 is 2.00 bits per heavy atom. The quantitative estimate of drug-likeness (QED) is 0.247. The van der Waals surface area contributed by atoms with Crippen LogP contribution >= 0.6 is 11.9 Å². The molecule has 0 aliphatic carbocycles. The van der Waals surface area contributed by atoms with Crippen molar-refractivity contribution in [3.05, 3.63) is 138 Å². The van der Waals surface area contributed by atoms with Gasteiger partial charge in [0.2, 0.25) is 0 Å². The number of para-hydroxylation sites is 2. The molecule has 0 saturated carbocycles. The van der Waals surface area contributed by atoms with Crippen molar-refractivity contribution >= 4 is 11.9 Å². The molecular weight excluding hydrogens is 448 g/mol. The highest BCUT2D eigenvalue weighted by Gasteiger charge is 2.44. The van der Waals surface area contributed by atoms with Crippen LogP contribution in [-0.2, 0) is 18.4 Å². The number of rotatable bonds is 9. The number of hydrogen-bond donors (Lipinski definition) is 2. The van der Waals surface area contributed by atoms with Crippen LogP contribution in [0.1, 0.15) is 35.1 Å². The van der Waals surface area contributed by atoms with Gasteiger partial charge in [0.15, 0.2) is 0 Å². The van der Waals surface area contributed by atoms with E-state index in [1.165, 1.54) is 34.2 Å². The third-order valence-electron chi connectivity index (χ3n) is 6.85. The van der Waals surface area contributed by atoms with Crippen LogP contribution in [0, 0.1) is 0 Å². The fourth-order valence-electron chi connectivity index (χ4n) is 5.07. The van der Waals surface area contributed by atoms with Crippen molar-refractivity contribution in [2.24, 2.45) is 5.14 Å². The summed E-state index contributed by atoms with van der Waals surface area (Å²) < 4.78 is 6.35. The predicted molar refractivity (Wildman–Crippen MR) is 146 cm³/mol. The van der Waals surface area contributed by atoms with Crippen molar-refractivity contribution in [1.82, 2.24) is 5.32 Å². The van der Waals surface area contributed by atoms with E-state index in [1.807, 2.05) is 12.1 Å². The molecule has 3 N–H and O–H groups in total. The molecule has 0 aromatic heterocycles. The van der Waals surface area contributed by atoms with Crippen LogP contribution in [-0.4, -0.2) is 0 Å². The largest absolute Gasteiger partial charge is 0.457 e. The first-order valence-corrected chi connectivity index (χ1v) is 12.9. The topological polar surface area (TPSA) is 47.3 Å². The van der Waals surface area contributed by atoms with Gasteiger partial charge < -0.3 is 10.1 Å². The van der Waals surface area contributed by atoms with Gasteiger partial charge in [0, 0.05) is 28.3 Å². The van der Waals surface area contributed by atoms with Gasteiger partial charge in [-0.15, -0.1) is 0 Å². The summed E-state index contributed by atoms with van der Waals surface area (Å²) in [5.74, 6) is 1.80. The van der Waals surface area contributed by atoms with E-state index in [-0.39, 0.29) is 0 Å². The maximum Gasteiger partial charge on any atom is 0.131 e. The Balaban J connectivity index is 1.50. The molecule has 3 nitrogen and oxygen atoms in total. The van der Waals surface area contributed by atoms with Gasteiger partial charge in [0.25, 0.3) is 0 Å². The van der Waals surface area contributed by atoms with Crippen molar-refractivity contribution in [3.8, 4) is 11.5 Å². The molecular formula is C31H30N2OS. The second-order valence-electron chi connectivity index (χ2n) is 8.93. The molecule has 1 aliphatic heterocycles. The maximum absolute atomic E-state index is 6.35. The monoisotopic (exact) mass is 478 g/mol. The summed E-state index contributed by atoms with van der Waals surface area (Å²) in [6, 6.07) is 35.8. The first kappa shape index (κ1) is 23.3. The highest BCUT2D eigenvalue weighted by atomic mass is 32.2. The first-order chi connectivity index (χ1) is 17.2. The normalized spacial score (nSPS) is 13.3. The average molecular weight is 479 g/mol. The smallest absolute Gasteiger partial charge is 0.131 e. The van der Waals surface area contributed by atoms with E-state index < -0.39 is 5.41 Å². The van der Waals surface area contributed by atoms with Crippen LogP contribution in [0.2, 0.25) is 0 Å². The molecule has 35 heavy (non-hydrogen) atoms. The molecule has 0 radical (unpaired) electrons. The SMILES string of the molecule is C=C(NCc1ccc(SN)cc1)C1(CCCc2ccccc2)c2ccccc2Oc2ccccc21. The van der Waals surface area contributed by atoms with Gasteiger partial charge in [-0.1, -0.05) is 85.4 Å². The summed E-state index contributed by atoms with van der Waals surface area (Å²) in [4.78, 5) is 1.05. The van der Waals surface area contributed by atoms with E-state index in [1.54, 1.807) is 0 Å². The van der Waals surface area contributed by atoms with Crippen molar-refractivity contribution in [3.63, 3.8) is 0 Å². The molecule has 1 heterocycles. The molecule has 1 aliphatic rings. The molecule has 0 spiro atoms. The van der Waals surface area contributed by atoms with E-state index in [0.717, 1.165) is 41.4 Å². The summed E-state index contributed by atoms with van der Waals surface area (Å²) in [5, 5.41) is 9.38. The lowest BCUT2D eigenvalue weighted by Gasteiger charge is -2.42. The zero-order valence-corrected chi connectivity index (χ0v) is 20.6. The van der Waals surface area contributed by atoms with Crippen LogP contribution in [0.25, 0.3) is 0 Å². The number of ether oxygens (including phenoxy) is 1. The van der Waals surface area contributed by atoms with Crippen molar-refractivity contribution in [2.75, 3.05) is 0 Å². The number of hydrogen-bond acceptors (Lipinski definition) is 4. The number of nitrogens with two attached hydrogens (primary N) is 1. The van der Waals surface area contributed by atoms with Gasteiger partial charge in [-0.05, 0) is 66.6 Å². The lowest BCUT2D eigenvalue weighted by molar-refractivity contribution is 0.387. The van der Waals surface area contributed by atoms with Crippen LogP contribution in [0.15, 0.2) is 120 Å². The fourth-order valence-corrected chi connectivity index (χ4v) is 5.37. The summed E-state index contributed by atoms with van der Waals surface area (Å²) in [6.45, 7) is 5.33. The molecule has 176 valence electrons. The molecule has 4 aromatic carbocycles. The van der Waals surface area contributed by atoms with Gasteiger partial charge in [0.1, 0.15) is 11.5 Å². The number of allylic oxidation sites excluding steroid dienone is 1. The van der Waals surface area contributed by atoms with E-state index in [9.17, 15) is 0 Å². The fraction of sp³-hybridized carbons (Fsp3) is 0.161. The average Bonchev–Trinajstić information content (AvgIpc) is 2.92. The standard InChI is InChI=1S/C31H30N2OS/c1-23(33-22-25-17-19-26(35-32)20-18-25)31(21-9-12-24-10-3-2-4-11-24)27-13-5-7-15-29(27)34-30-16-8-6-14-28(30)31/h2-8,10-11,13-20,33H,1,9,12,21-22,32H2. The van der Waals surface area contributed by atoms with Crippen molar-refractivity contribution in [2.45, 2.75) is 36.1 Å². The predicted octanol–water partition coefficient (Wildman–Crippen LogP) is 7.37. The molecule has 0 bridgehead atoms. The third-order valence-corrected chi connectivity index (χ3v) is 7.40. The minimum absolute atomic E-state index is 0.396. The third kappa shape index (κ3) is 4.72. The first-order valence-electron chi connectivity index (χ1n) is 12.0. The van der Waals surface area contributed by atoms with Gasteiger partial charge >= 0.3 is 0 Å². The van der Waals surface area contributed by atoms with E-state index in [2.05, 4.69) is 103 Å². The molecule has 0 atom stereocenters. The summed E-state index contributed by atoms with van der Waals surface area (Å²) >= 11 is 1.26. The molecule has 0 amide bonds. The van der Waals surface area contributed by atoms with E-state index in [0.29, 0.717) is 6.54 Å². The van der Waals surface area contributed by atoms with Gasteiger partial charge in [-0.3, -0.25) is 5.14 Å². The van der Waals surface area contributed by atoms with Gasteiger partial charge in [0.05, 0.1) is 5.41 Å². The number of fused-ring (bicyclic) bond motifs is 2. The molecule has 4 heteroatoms. The Morgan fingerprint density at radius 2 is 1.37 bits per heavy atom. The minimum atomic E-state index is -0.396. The maximum atomic E-state index is 6.35. The zero-order valence-electron chi connectivity index (χ0n) is 19.7. The molecule has 4 aromatic rings. The molecule has 5 rings (SSSR count). The second kappa shape index (κ2) is 10.4. The Morgan fingerprint density at radius 1 is 0.771 bits per heavy atom. The van der Waals surface area contributed by atoms with Crippen LogP contribution < -0.4 is 15.2 Å². The lowest BCUT2D eigenvalue weighted by atomic mass is 9.67. The number of benzene rings is 4. The molecule has 0 saturated heterocycles. The highest BCUT2D eigenvalue weighted by Crippen LogP contribution is 2.53. The minimum Gasteiger partial charge on any atom is -0.457 e. The Labute approximate surface area is 212 Å². The molecule has 0 fully saturated rings. The summed E-state index contributed by atoms with van der Waals surface area (Å²) in [7, 11) is 0. The number of aryl methyl sites for hydroxylation is 1. The number of nitrogens with one attached hydrogen (secondary N) is 1. The Kier molecular flexibility index (Phi) is 6.94. The summed E-state index contributed by atoms with van der Waals surface area (Å²) in [6.07, 6.45) is 2.96. The second-order valence-corrected chi connectivity index (χ2v) is 9.64. The van der Waals surface area contributed by atoms with Gasteiger partial charge in [-0.25, -0.2) is 0 Å². The van der Waals surface area contributed by atoms with E-state index >= 15 is 0 Å². The van der Waals surface area contributed by atoms with Crippen LogP contribution in [0.3, 0.4) is 0 Å². The van der Waals surface area contributed by atoms with Crippen molar-refractivity contribution < 1.29 is 4.74 Å². The van der Waals surface area contributed by atoms with Crippen LogP contribution in [0.5, 0.6) is 11.5 Å². The Hall–Kier alpha value is -3.47. The zero-order chi connectivity index (χ0) is 24.1. The highest BCUT2D eigenvalue weighted by molar-refractivity contribution is 7.97. The Bertz CT molecular complexity index is 1260. The van der Waals surface area contributed by atoms with Gasteiger partial charge in [-0.2, -0.15) is 0 Å². The summed E-state index contributed by atoms with van der Waals surface area (Å²) in [5.41, 5.74) is 5.47. The van der Waals surface area contributed by atoms with Crippen LogP contribution in [0.4, 0.5) is 0 Å². The van der Waals surface area contributed by atoms with Crippen molar-refractivity contribution in [1.29, 1.82) is 0 Å².